The predicted molar refractivity (Wildman–Crippen MR) is 125 cm³/mol. The van der Waals surface area contributed by atoms with Gasteiger partial charge in [-0.2, -0.15) is 13.2 Å². The molecule has 1 aliphatic heterocycles. The number of thiophene rings is 1. The zero-order chi connectivity index (χ0) is 25.8. The molecule has 35 heavy (non-hydrogen) atoms. The molecule has 1 fully saturated rings. The van der Waals surface area contributed by atoms with Crippen molar-refractivity contribution in [2.24, 2.45) is 5.73 Å². The number of rotatable bonds is 8. The molecule has 2 amide bonds. The molecule has 8 nitrogen and oxygen atoms in total. The molecule has 3 rings (SSSR count). The summed E-state index contributed by atoms with van der Waals surface area (Å²) in [5.41, 5.74) is 5.79. The van der Waals surface area contributed by atoms with Crippen LogP contribution in [-0.4, -0.2) is 66.6 Å². The molecule has 192 valence electrons. The minimum atomic E-state index is -4.87. The Morgan fingerprint density at radius 1 is 1.23 bits per heavy atom. The van der Waals surface area contributed by atoms with Gasteiger partial charge >= 0.3 is 6.18 Å². The van der Waals surface area contributed by atoms with Crippen LogP contribution in [0, 0.1) is 0 Å². The molecular weight excluding hydrogens is 485 g/mol. The van der Waals surface area contributed by atoms with Gasteiger partial charge in [-0.1, -0.05) is 30.3 Å². The molecule has 1 aromatic carbocycles. The Bertz CT molecular complexity index is 1020. The zero-order valence-corrected chi connectivity index (χ0v) is 20.2. The number of hydrogen-bond donors (Lipinski definition) is 4. The number of nitrogens with zero attached hydrogens (tertiary/aromatic N) is 1. The van der Waals surface area contributed by atoms with Gasteiger partial charge in [0.25, 0.3) is 5.91 Å². The normalized spacial score (nSPS) is 18.7. The van der Waals surface area contributed by atoms with Crippen LogP contribution in [0.25, 0.3) is 0 Å². The number of amides is 2. The monoisotopic (exact) mass is 514 g/mol. The van der Waals surface area contributed by atoms with Crippen molar-refractivity contribution in [1.82, 2.24) is 15.5 Å². The fraction of sp³-hybridized carbons (Fsp3) is 0.478. The number of nitrogens with one attached hydrogen (secondary N) is 2. The van der Waals surface area contributed by atoms with Gasteiger partial charge in [0.2, 0.25) is 12.1 Å². The van der Waals surface area contributed by atoms with E-state index in [4.69, 9.17) is 15.6 Å². The van der Waals surface area contributed by atoms with E-state index in [1.165, 1.54) is 12.1 Å². The lowest BCUT2D eigenvalue weighted by molar-refractivity contribution is -0.215. The summed E-state index contributed by atoms with van der Waals surface area (Å²) in [6.07, 6.45) is -8.96. The summed E-state index contributed by atoms with van der Waals surface area (Å²) in [7, 11) is 0. The van der Waals surface area contributed by atoms with Crippen LogP contribution in [0.5, 0.6) is 0 Å². The molecule has 0 spiro atoms. The minimum absolute atomic E-state index is 0.0788. The second-order valence-electron chi connectivity index (χ2n) is 8.72. The van der Waals surface area contributed by atoms with Crippen molar-refractivity contribution in [2.75, 3.05) is 26.3 Å². The van der Waals surface area contributed by atoms with E-state index in [2.05, 4.69) is 5.32 Å². The first kappa shape index (κ1) is 27.1. The highest BCUT2D eigenvalue weighted by atomic mass is 32.1. The first-order valence-corrected chi connectivity index (χ1v) is 11.8. The average Bonchev–Trinajstić information content (AvgIpc) is 3.33. The fourth-order valence-electron chi connectivity index (χ4n) is 3.71. The Morgan fingerprint density at radius 2 is 1.91 bits per heavy atom. The van der Waals surface area contributed by atoms with Crippen LogP contribution in [0.2, 0.25) is 0 Å². The second kappa shape index (κ2) is 11.0. The Labute approximate surface area is 205 Å². The highest BCUT2D eigenvalue weighted by Crippen LogP contribution is 2.28. The maximum absolute atomic E-state index is 13.4. The third-order valence-corrected chi connectivity index (χ3v) is 6.99. The third-order valence-electron chi connectivity index (χ3n) is 5.82. The van der Waals surface area contributed by atoms with Gasteiger partial charge in [-0.15, -0.1) is 11.3 Å². The number of aliphatic hydroxyl groups excluding tert-OH is 1. The number of aliphatic hydroxyl groups is 1. The molecule has 0 bridgehead atoms. The maximum atomic E-state index is 13.4. The number of carbonyl (C=O) groups is 2. The number of hydrogen-bond acceptors (Lipinski definition) is 7. The lowest BCUT2D eigenvalue weighted by Gasteiger charge is -2.40. The summed E-state index contributed by atoms with van der Waals surface area (Å²) in [5.74, 6) is -0.532. The van der Waals surface area contributed by atoms with Gasteiger partial charge in [0.15, 0.2) is 0 Å². The number of morpholine rings is 1. The highest BCUT2D eigenvalue weighted by Gasteiger charge is 2.40. The van der Waals surface area contributed by atoms with Crippen molar-refractivity contribution in [1.29, 1.82) is 0 Å². The first-order valence-electron chi connectivity index (χ1n) is 11.0. The van der Waals surface area contributed by atoms with Crippen molar-refractivity contribution in [3.63, 3.8) is 0 Å². The van der Waals surface area contributed by atoms with E-state index in [1.807, 2.05) is 49.5 Å². The van der Waals surface area contributed by atoms with Crippen LogP contribution >= 0.6 is 11.3 Å². The Kier molecular flexibility index (Phi) is 8.54. The number of carbonyl (C=O) groups excluding carboxylic acids is 2. The number of alkyl halides is 3. The van der Waals surface area contributed by atoms with Crippen LogP contribution < -0.4 is 16.4 Å². The highest BCUT2D eigenvalue weighted by molar-refractivity contribution is 7.14. The first-order chi connectivity index (χ1) is 16.4. The van der Waals surface area contributed by atoms with Gasteiger partial charge in [0.1, 0.15) is 0 Å². The maximum Gasteiger partial charge on any atom is 0.428 e. The molecule has 0 aliphatic carbocycles. The van der Waals surface area contributed by atoms with E-state index < -0.39 is 29.9 Å². The van der Waals surface area contributed by atoms with Crippen molar-refractivity contribution in [3.05, 3.63) is 57.8 Å². The molecule has 0 radical (unpaired) electrons. The van der Waals surface area contributed by atoms with E-state index in [0.717, 1.165) is 16.9 Å². The molecule has 5 N–H and O–H groups in total. The molecule has 3 atom stereocenters. The van der Waals surface area contributed by atoms with E-state index in [1.54, 1.807) is 4.90 Å². The molecule has 2 heterocycles. The summed E-state index contributed by atoms with van der Waals surface area (Å²) in [5, 5.41) is 13.7. The standard InChI is InChI=1S/C23H29F3N4O4S/c1-22(2,14-6-4-3-5-7-14)21(33)30-10-11-34-13-15(30)12-28-19(31)17-9-8-16(35-17)18(27)29-20(32)23(24,25)26/h3-9,15,18,20,29,32H,10-13,27H2,1-2H3,(H,28,31). The van der Waals surface area contributed by atoms with Gasteiger partial charge in [0.05, 0.1) is 35.7 Å². The van der Waals surface area contributed by atoms with Crippen LogP contribution in [0.3, 0.4) is 0 Å². The lowest BCUT2D eigenvalue weighted by atomic mass is 9.82. The van der Waals surface area contributed by atoms with Gasteiger partial charge in [-0.25, -0.2) is 0 Å². The van der Waals surface area contributed by atoms with E-state index in [-0.39, 0.29) is 34.9 Å². The Hall–Kier alpha value is -2.51. The summed E-state index contributed by atoms with van der Waals surface area (Å²) in [4.78, 5) is 28.3. The lowest BCUT2D eigenvalue weighted by Crippen LogP contribution is -2.57. The predicted octanol–water partition coefficient (Wildman–Crippen LogP) is 2.11. The van der Waals surface area contributed by atoms with E-state index in [9.17, 15) is 22.8 Å². The number of ether oxygens (including phenoxy) is 1. The molecule has 2 aromatic rings. The SMILES string of the molecule is CC(C)(C(=O)N1CCOCC1CNC(=O)c1ccc(C(N)NC(O)C(F)(F)F)s1)c1ccccc1. The molecule has 1 aliphatic rings. The van der Waals surface area contributed by atoms with Crippen molar-refractivity contribution < 1.29 is 32.6 Å². The van der Waals surface area contributed by atoms with Crippen LogP contribution in [0.15, 0.2) is 42.5 Å². The number of halogens is 3. The molecule has 1 saturated heterocycles. The largest absolute Gasteiger partial charge is 0.428 e. The van der Waals surface area contributed by atoms with Crippen molar-refractivity contribution >= 4 is 23.2 Å². The molecule has 3 unspecified atom stereocenters. The minimum Gasteiger partial charge on any atom is -0.377 e. The third kappa shape index (κ3) is 6.58. The Balaban J connectivity index is 1.62. The molecule has 1 aromatic heterocycles. The van der Waals surface area contributed by atoms with E-state index >= 15 is 0 Å². The van der Waals surface area contributed by atoms with Gasteiger partial charge in [0, 0.05) is 18.0 Å². The van der Waals surface area contributed by atoms with Crippen LogP contribution in [-0.2, 0) is 14.9 Å². The topological polar surface area (TPSA) is 117 Å². The van der Waals surface area contributed by atoms with Gasteiger partial charge in [-0.3, -0.25) is 14.9 Å². The molecular formula is C23H29F3N4O4S. The molecule has 12 heteroatoms. The zero-order valence-electron chi connectivity index (χ0n) is 19.3. The number of benzene rings is 1. The van der Waals surface area contributed by atoms with Gasteiger partial charge < -0.3 is 25.8 Å². The fourth-order valence-corrected chi connectivity index (χ4v) is 4.60. The summed E-state index contributed by atoms with van der Waals surface area (Å²) in [6.45, 7) is 4.90. The smallest absolute Gasteiger partial charge is 0.377 e. The Morgan fingerprint density at radius 3 is 2.57 bits per heavy atom. The summed E-state index contributed by atoms with van der Waals surface area (Å²) in [6, 6.07) is 11.9. The second-order valence-corrected chi connectivity index (χ2v) is 9.83. The van der Waals surface area contributed by atoms with E-state index in [0.29, 0.717) is 13.2 Å². The van der Waals surface area contributed by atoms with Crippen LogP contribution in [0.1, 0.15) is 40.1 Å². The summed E-state index contributed by atoms with van der Waals surface area (Å²) >= 11 is 0.907. The van der Waals surface area contributed by atoms with Gasteiger partial charge in [-0.05, 0) is 31.5 Å². The number of nitrogens with two attached hydrogens (primary N) is 1. The van der Waals surface area contributed by atoms with Crippen molar-refractivity contribution in [2.45, 2.75) is 43.9 Å². The average molecular weight is 515 g/mol. The quantitative estimate of drug-likeness (QED) is 0.401. The van der Waals surface area contributed by atoms with Crippen molar-refractivity contribution in [3.8, 4) is 0 Å². The van der Waals surface area contributed by atoms with Crippen LogP contribution in [0.4, 0.5) is 13.2 Å². The molecule has 0 saturated carbocycles. The summed E-state index contributed by atoms with van der Waals surface area (Å²) < 4.78 is 43.1.